The molecule has 0 aliphatic carbocycles. The Bertz CT molecular complexity index is 940. The minimum absolute atomic E-state index is 0.0198. The lowest BCUT2D eigenvalue weighted by molar-refractivity contribution is 0.0997. The van der Waals surface area contributed by atoms with E-state index in [1.807, 2.05) is 0 Å². The second-order valence-electron chi connectivity index (χ2n) is 5.20. The molecule has 3 rings (SSSR count). The molecule has 128 valence electrons. The van der Waals surface area contributed by atoms with Gasteiger partial charge in [-0.25, -0.2) is 4.39 Å². The van der Waals surface area contributed by atoms with Crippen LogP contribution in [-0.4, -0.2) is 13.0 Å². The lowest BCUT2D eigenvalue weighted by Gasteiger charge is -2.07. The number of nitrogens with one attached hydrogen (secondary N) is 1. The van der Waals surface area contributed by atoms with Crippen LogP contribution in [0.3, 0.4) is 0 Å². The fraction of sp³-hybridized carbons (Fsp3) is 0.0556. The summed E-state index contributed by atoms with van der Waals surface area (Å²) >= 11 is 5.76. The summed E-state index contributed by atoms with van der Waals surface area (Å²) < 4.78 is 23.8. The van der Waals surface area contributed by atoms with Crippen LogP contribution in [0.2, 0.25) is 5.02 Å². The molecule has 7 heteroatoms. The zero-order chi connectivity index (χ0) is 18.0. The van der Waals surface area contributed by atoms with Crippen molar-refractivity contribution < 1.29 is 18.3 Å². The van der Waals surface area contributed by atoms with Gasteiger partial charge < -0.3 is 20.2 Å². The van der Waals surface area contributed by atoms with Crippen LogP contribution in [0.5, 0.6) is 5.75 Å². The molecule has 0 atom stereocenters. The Kier molecular flexibility index (Phi) is 4.63. The van der Waals surface area contributed by atoms with Gasteiger partial charge in [0, 0.05) is 11.3 Å². The van der Waals surface area contributed by atoms with Gasteiger partial charge in [0.1, 0.15) is 17.3 Å². The molecule has 1 amide bonds. The van der Waals surface area contributed by atoms with Gasteiger partial charge in [0.05, 0.1) is 17.8 Å². The zero-order valence-electron chi connectivity index (χ0n) is 13.2. The van der Waals surface area contributed by atoms with Crippen molar-refractivity contribution >= 4 is 28.9 Å². The first-order chi connectivity index (χ1) is 12.0. The summed E-state index contributed by atoms with van der Waals surface area (Å²) in [7, 11) is 1.51. The summed E-state index contributed by atoms with van der Waals surface area (Å²) in [6, 6.07) is 12.2. The summed E-state index contributed by atoms with van der Waals surface area (Å²) in [5, 5.41) is 2.66. The monoisotopic (exact) mass is 360 g/mol. The quantitative estimate of drug-likeness (QED) is 0.667. The van der Waals surface area contributed by atoms with Crippen molar-refractivity contribution in [3.8, 4) is 17.1 Å². The maximum Gasteiger partial charge on any atom is 0.291 e. The van der Waals surface area contributed by atoms with E-state index in [0.29, 0.717) is 28.4 Å². The SMILES string of the molecule is COc1ccc(NC(=O)c2ccc(-c3ccc(F)c(Cl)c3)o2)cc1N. The highest BCUT2D eigenvalue weighted by atomic mass is 35.5. The van der Waals surface area contributed by atoms with Crippen molar-refractivity contribution in [1.29, 1.82) is 0 Å². The number of hydrogen-bond donors (Lipinski definition) is 2. The molecule has 0 unspecified atom stereocenters. The summed E-state index contributed by atoms with van der Waals surface area (Å²) in [5.74, 6) is 0.0636. The van der Waals surface area contributed by atoms with Crippen LogP contribution in [0.25, 0.3) is 11.3 Å². The zero-order valence-corrected chi connectivity index (χ0v) is 13.9. The van der Waals surface area contributed by atoms with Gasteiger partial charge in [0.25, 0.3) is 5.91 Å². The molecule has 1 heterocycles. The van der Waals surface area contributed by atoms with E-state index in [1.54, 1.807) is 24.3 Å². The molecule has 0 aliphatic heterocycles. The standard InChI is InChI=1S/C18H14ClFN2O3/c1-24-16-5-3-11(9-14(16)21)22-18(23)17-7-6-15(25-17)10-2-4-13(20)12(19)8-10/h2-9H,21H2,1H3,(H,22,23). The van der Waals surface area contributed by atoms with Gasteiger partial charge in [0.2, 0.25) is 0 Å². The first-order valence-corrected chi connectivity index (χ1v) is 7.66. The van der Waals surface area contributed by atoms with Gasteiger partial charge in [-0.3, -0.25) is 4.79 Å². The van der Waals surface area contributed by atoms with Crippen LogP contribution >= 0.6 is 11.6 Å². The second-order valence-corrected chi connectivity index (χ2v) is 5.61. The van der Waals surface area contributed by atoms with Crippen molar-refractivity contribution in [2.24, 2.45) is 0 Å². The van der Waals surface area contributed by atoms with Crippen molar-refractivity contribution in [2.45, 2.75) is 0 Å². The maximum atomic E-state index is 13.2. The largest absolute Gasteiger partial charge is 0.495 e. The first-order valence-electron chi connectivity index (χ1n) is 7.28. The number of anilines is 2. The summed E-state index contributed by atoms with van der Waals surface area (Å²) in [6.07, 6.45) is 0. The molecule has 5 nitrogen and oxygen atoms in total. The molecule has 1 aromatic heterocycles. The Labute approximate surface area is 148 Å². The van der Waals surface area contributed by atoms with E-state index in [1.165, 1.54) is 31.4 Å². The Morgan fingerprint density at radius 2 is 2.00 bits per heavy atom. The number of nitrogen functional groups attached to an aromatic ring is 1. The highest BCUT2D eigenvalue weighted by molar-refractivity contribution is 6.31. The van der Waals surface area contributed by atoms with Gasteiger partial charge in [-0.05, 0) is 48.5 Å². The predicted octanol–water partition coefficient (Wildman–Crippen LogP) is 4.58. The molecule has 0 saturated carbocycles. The van der Waals surface area contributed by atoms with Crippen molar-refractivity contribution in [3.63, 3.8) is 0 Å². The average Bonchev–Trinajstić information content (AvgIpc) is 3.08. The molecule has 0 fully saturated rings. The highest BCUT2D eigenvalue weighted by Crippen LogP contribution is 2.28. The molecule has 0 spiro atoms. The van der Waals surface area contributed by atoms with Crippen molar-refractivity contribution in [3.05, 3.63) is 65.1 Å². The second kappa shape index (κ2) is 6.86. The number of carbonyl (C=O) groups is 1. The Morgan fingerprint density at radius 1 is 1.20 bits per heavy atom. The van der Waals surface area contributed by atoms with E-state index in [-0.39, 0.29) is 10.8 Å². The molecule has 0 saturated heterocycles. The number of benzene rings is 2. The normalized spacial score (nSPS) is 10.5. The fourth-order valence-corrected chi connectivity index (χ4v) is 2.45. The number of furan rings is 1. The fourth-order valence-electron chi connectivity index (χ4n) is 2.27. The van der Waals surface area contributed by atoms with Crippen molar-refractivity contribution in [1.82, 2.24) is 0 Å². The number of ether oxygens (including phenoxy) is 1. The van der Waals surface area contributed by atoms with E-state index in [2.05, 4.69) is 5.32 Å². The number of nitrogens with two attached hydrogens (primary N) is 1. The first kappa shape index (κ1) is 16.9. The maximum absolute atomic E-state index is 13.2. The predicted molar refractivity (Wildman–Crippen MR) is 94.5 cm³/mol. The van der Waals surface area contributed by atoms with Crippen molar-refractivity contribution in [2.75, 3.05) is 18.2 Å². The molecular weight excluding hydrogens is 347 g/mol. The van der Waals surface area contributed by atoms with Crippen LogP contribution in [-0.2, 0) is 0 Å². The lowest BCUT2D eigenvalue weighted by Crippen LogP contribution is -2.11. The van der Waals surface area contributed by atoms with E-state index >= 15 is 0 Å². The summed E-state index contributed by atoms with van der Waals surface area (Å²) in [5.41, 5.74) is 7.29. The van der Waals surface area contributed by atoms with E-state index in [0.717, 1.165) is 0 Å². The topological polar surface area (TPSA) is 77.5 Å². The Balaban J connectivity index is 1.78. The van der Waals surface area contributed by atoms with Gasteiger partial charge in [-0.15, -0.1) is 0 Å². The third kappa shape index (κ3) is 3.59. The minimum Gasteiger partial charge on any atom is -0.495 e. The molecular formula is C18H14ClFN2O3. The van der Waals surface area contributed by atoms with Crippen LogP contribution in [0.15, 0.2) is 52.9 Å². The van der Waals surface area contributed by atoms with Gasteiger partial charge in [0.15, 0.2) is 5.76 Å². The number of rotatable bonds is 4. The van der Waals surface area contributed by atoms with Crippen LogP contribution < -0.4 is 15.8 Å². The number of carbonyl (C=O) groups excluding carboxylic acids is 1. The van der Waals surface area contributed by atoms with Crippen LogP contribution in [0, 0.1) is 5.82 Å². The number of methoxy groups -OCH3 is 1. The van der Waals surface area contributed by atoms with Gasteiger partial charge in [-0.1, -0.05) is 11.6 Å². The molecule has 3 aromatic rings. The average molecular weight is 361 g/mol. The summed E-state index contributed by atoms with van der Waals surface area (Å²) in [6.45, 7) is 0. The molecule has 25 heavy (non-hydrogen) atoms. The molecule has 2 aromatic carbocycles. The third-order valence-electron chi connectivity index (χ3n) is 3.52. The third-order valence-corrected chi connectivity index (χ3v) is 3.81. The van der Waals surface area contributed by atoms with E-state index < -0.39 is 11.7 Å². The highest BCUT2D eigenvalue weighted by Gasteiger charge is 2.14. The van der Waals surface area contributed by atoms with Gasteiger partial charge >= 0.3 is 0 Å². The number of hydrogen-bond acceptors (Lipinski definition) is 4. The Hall–Kier alpha value is -2.99. The Morgan fingerprint density at radius 3 is 2.68 bits per heavy atom. The number of halogens is 2. The smallest absolute Gasteiger partial charge is 0.291 e. The van der Waals surface area contributed by atoms with Gasteiger partial charge in [-0.2, -0.15) is 0 Å². The van der Waals surface area contributed by atoms with Crippen LogP contribution in [0.1, 0.15) is 10.6 Å². The van der Waals surface area contributed by atoms with Crippen LogP contribution in [0.4, 0.5) is 15.8 Å². The number of amides is 1. The lowest BCUT2D eigenvalue weighted by atomic mass is 10.2. The molecule has 0 bridgehead atoms. The molecule has 0 aliphatic rings. The van der Waals surface area contributed by atoms with E-state index in [4.69, 9.17) is 26.5 Å². The van der Waals surface area contributed by atoms with E-state index in [9.17, 15) is 9.18 Å². The molecule has 3 N–H and O–H groups in total. The molecule has 0 radical (unpaired) electrons. The minimum atomic E-state index is -0.521. The summed E-state index contributed by atoms with van der Waals surface area (Å²) in [4.78, 5) is 12.3.